The molecule has 104 valence electrons. The molecule has 5 heteroatoms. The highest BCUT2D eigenvalue weighted by Crippen LogP contribution is 2.28. The molecule has 0 aliphatic heterocycles. The number of rotatable bonds is 5. The zero-order valence-corrected chi connectivity index (χ0v) is 11.1. The zero-order valence-electron chi connectivity index (χ0n) is 11.1. The van der Waals surface area contributed by atoms with Gasteiger partial charge in [0.25, 0.3) is 0 Å². The van der Waals surface area contributed by atoms with Crippen molar-refractivity contribution in [2.24, 2.45) is 0 Å². The topological polar surface area (TPSA) is 72.6 Å². The fourth-order valence-electron chi connectivity index (χ4n) is 1.89. The number of aliphatic hydroxyl groups is 1. The SMILES string of the molecule is Cc1cccc(COc2ccc(CO)cc2[N+](=O)[O-])c1. The third-order valence-corrected chi connectivity index (χ3v) is 2.88. The quantitative estimate of drug-likeness (QED) is 0.671. The molecule has 0 fully saturated rings. The first-order valence-electron chi connectivity index (χ1n) is 6.16. The maximum Gasteiger partial charge on any atom is 0.311 e. The molecule has 2 aromatic carbocycles. The number of nitrogens with zero attached hydrogens (tertiary/aromatic N) is 1. The van der Waals surface area contributed by atoms with Gasteiger partial charge in [0, 0.05) is 6.07 Å². The van der Waals surface area contributed by atoms with Crippen molar-refractivity contribution in [1.82, 2.24) is 0 Å². The van der Waals surface area contributed by atoms with Gasteiger partial charge in [-0.25, -0.2) is 0 Å². The third-order valence-electron chi connectivity index (χ3n) is 2.88. The summed E-state index contributed by atoms with van der Waals surface area (Å²) in [6.07, 6.45) is 0. The second-order valence-corrected chi connectivity index (χ2v) is 4.50. The van der Waals surface area contributed by atoms with E-state index < -0.39 is 4.92 Å². The highest BCUT2D eigenvalue weighted by atomic mass is 16.6. The number of hydrogen-bond acceptors (Lipinski definition) is 4. The van der Waals surface area contributed by atoms with Crippen LogP contribution in [0.5, 0.6) is 5.75 Å². The molecular weight excluding hydrogens is 258 g/mol. The van der Waals surface area contributed by atoms with Crippen molar-refractivity contribution in [1.29, 1.82) is 0 Å². The van der Waals surface area contributed by atoms with E-state index in [1.165, 1.54) is 12.1 Å². The van der Waals surface area contributed by atoms with Crippen molar-refractivity contribution < 1.29 is 14.8 Å². The van der Waals surface area contributed by atoms with E-state index in [1.807, 2.05) is 31.2 Å². The maximum absolute atomic E-state index is 11.0. The number of hydrogen-bond donors (Lipinski definition) is 1. The molecule has 0 atom stereocenters. The predicted octanol–water partition coefficient (Wildman–Crippen LogP) is 2.97. The van der Waals surface area contributed by atoms with Crippen LogP contribution in [0.3, 0.4) is 0 Å². The summed E-state index contributed by atoms with van der Waals surface area (Å²) in [6.45, 7) is 2.00. The van der Waals surface area contributed by atoms with Gasteiger partial charge in [-0.2, -0.15) is 0 Å². The summed E-state index contributed by atoms with van der Waals surface area (Å²) in [5.41, 5.74) is 2.41. The van der Waals surface area contributed by atoms with Crippen LogP contribution in [0.25, 0.3) is 0 Å². The van der Waals surface area contributed by atoms with Crippen LogP contribution in [0.2, 0.25) is 0 Å². The Bertz CT molecular complexity index is 625. The summed E-state index contributed by atoms with van der Waals surface area (Å²) < 4.78 is 5.52. The highest BCUT2D eigenvalue weighted by molar-refractivity contribution is 5.48. The van der Waals surface area contributed by atoms with E-state index in [0.29, 0.717) is 5.56 Å². The van der Waals surface area contributed by atoms with Gasteiger partial charge in [-0.3, -0.25) is 10.1 Å². The lowest BCUT2D eigenvalue weighted by Gasteiger charge is -2.08. The Kier molecular flexibility index (Phi) is 4.32. The number of nitro benzene ring substituents is 1. The largest absolute Gasteiger partial charge is 0.482 e. The first-order valence-corrected chi connectivity index (χ1v) is 6.16. The van der Waals surface area contributed by atoms with Crippen LogP contribution in [0, 0.1) is 17.0 Å². The third kappa shape index (κ3) is 3.33. The van der Waals surface area contributed by atoms with Crippen LogP contribution >= 0.6 is 0 Å². The first kappa shape index (κ1) is 14.0. The van der Waals surface area contributed by atoms with Crippen LogP contribution in [0.4, 0.5) is 5.69 Å². The van der Waals surface area contributed by atoms with E-state index in [1.54, 1.807) is 6.07 Å². The summed E-state index contributed by atoms with van der Waals surface area (Å²) in [5.74, 6) is 0.203. The molecule has 0 amide bonds. The average Bonchev–Trinajstić information content (AvgIpc) is 2.45. The molecule has 0 heterocycles. The maximum atomic E-state index is 11.0. The molecule has 0 saturated heterocycles. The molecule has 0 aliphatic rings. The Balaban J connectivity index is 2.18. The van der Waals surface area contributed by atoms with Gasteiger partial charge in [-0.15, -0.1) is 0 Å². The van der Waals surface area contributed by atoms with E-state index in [0.717, 1.165) is 11.1 Å². The summed E-state index contributed by atoms with van der Waals surface area (Å²) in [6, 6.07) is 12.2. The number of aryl methyl sites for hydroxylation is 1. The fraction of sp³-hybridized carbons (Fsp3) is 0.200. The van der Waals surface area contributed by atoms with E-state index in [-0.39, 0.29) is 24.7 Å². The van der Waals surface area contributed by atoms with Crippen molar-refractivity contribution in [2.75, 3.05) is 0 Å². The van der Waals surface area contributed by atoms with Gasteiger partial charge in [0.05, 0.1) is 11.5 Å². The molecule has 0 unspecified atom stereocenters. The number of ether oxygens (including phenoxy) is 1. The lowest BCUT2D eigenvalue weighted by atomic mass is 10.1. The van der Waals surface area contributed by atoms with Crippen LogP contribution in [-0.4, -0.2) is 10.0 Å². The molecule has 0 bridgehead atoms. The van der Waals surface area contributed by atoms with Crippen molar-refractivity contribution in [3.8, 4) is 5.75 Å². The fourth-order valence-corrected chi connectivity index (χ4v) is 1.89. The molecule has 5 nitrogen and oxygen atoms in total. The van der Waals surface area contributed by atoms with Gasteiger partial charge in [0.1, 0.15) is 6.61 Å². The normalized spacial score (nSPS) is 10.3. The van der Waals surface area contributed by atoms with Crippen LogP contribution < -0.4 is 4.74 Å². The van der Waals surface area contributed by atoms with Gasteiger partial charge in [0.15, 0.2) is 5.75 Å². The zero-order chi connectivity index (χ0) is 14.5. The Morgan fingerprint density at radius 1 is 1.20 bits per heavy atom. The van der Waals surface area contributed by atoms with Gasteiger partial charge < -0.3 is 9.84 Å². The molecule has 0 aromatic heterocycles. The smallest absolute Gasteiger partial charge is 0.311 e. The minimum atomic E-state index is -0.509. The molecule has 0 aliphatic carbocycles. The van der Waals surface area contributed by atoms with E-state index in [9.17, 15) is 10.1 Å². The Labute approximate surface area is 116 Å². The lowest BCUT2D eigenvalue weighted by molar-refractivity contribution is -0.386. The molecular formula is C15H15NO4. The standard InChI is InChI=1S/C15H15NO4/c1-11-3-2-4-13(7-11)10-20-15-6-5-12(9-17)8-14(15)16(18)19/h2-8,17H,9-10H2,1H3. The number of aliphatic hydroxyl groups excluding tert-OH is 1. The molecule has 20 heavy (non-hydrogen) atoms. The molecule has 0 spiro atoms. The molecule has 2 aromatic rings. The van der Waals surface area contributed by atoms with Gasteiger partial charge >= 0.3 is 5.69 Å². The van der Waals surface area contributed by atoms with Crippen molar-refractivity contribution >= 4 is 5.69 Å². The van der Waals surface area contributed by atoms with Crippen LogP contribution in [0.15, 0.2) is 42.5 Å². The lowest BCUT2D eigenvalue weighted by Crippen LogP contribution is -2.00. The second kappa shape index (κ2) is 6.16. The Hall–Kier alpha value is -2.40. The van der Waals surface area contributed by atoms with Crippen molar-refractivity contribution in [3.05, 3.63) is 69.3 Å². The Morgan fingerprint density at radius 3 is 2.65 bits per heavy atom. The van der Waals surface area contributed by atoms with Crippen molar-refractivity contribution in [2.45, 2.75) is 20.1 Å². The van der Waals surface area contributed by atoms with Crippen molar-refractivity contribution in [3.63, 3.8) is 0 Å². The summed E-state index contributed by atoms with van der Waals surface area (Å²) in [4.78, 5) is 10.5. The summed E-state index contributed by atoms with van der Waals surface area (Å²) in [5, 5.41) is 20.0. The number of benzene rings is 2. The van der Waals surface area contributed by atoms with E-state index in [2.05, 4.69) is 0 Å². The van der Waals surface area contributed by atoms with Gasteiger partial charge in [-0.05, 0) is 24.1 Å². The molecule has 2 rings (SSSR count). The molecule has 1 N–H and O–H groups in total. The molecule has 0 radical (unpaired) electrons. The van der Waals surface area contributed by atoms with Crippen LogP contribution in [0.1, 0.15) is 16.7 Å². The average molecular weight is 273 g/mol. The van der Waals surface area contributed by atoms with Gasteiger partial charge in [0.2, 0.25) is 0 Å². The number of nitro groups is 1. The summed E-state index contributed by atoms with van der Waals surface area (Å²) in [7, 11) is 0. The van der Waals surface area contributed by atoms with Gasteiger partial charge in [-0.1, -0.05) is 35.9 Å². The molecule has 0 saturated carbocycles. The summed E-state index contributed by atoms with van der Waals surface area (Å²) >= 11 is 0. The minimum absolute atomic E-state index is 0.135. The Morgan fingerprint density at radius 2 is 2.00 bits per heavy atom. The van der Waals surface area contributed by atoms with E-state index >= 15 is 0 Å². The first-order chi connectivity index (χ1) is 9.60. The van der Waals surface area contributed by atoms with Crippen LogP contribution in [-0.2, 0) is 13.2 Å². The monoisotopic (exact) mass is 273 g/mol. The highest BCUT2D eigenvalue weighted by Gasteiger charge is 2.15. The van der Waals surface area contributed by atoms with E-state index in [4.69, 9.17) is 9.84 Å². The minimum Gasteiger partial charge on any atom is -0.482 e. The second-order valence-electron chi connectivity index (χ2n) is 4.50. The predicted molar refractivity (Wildman–Crippen MR) is 74.5 cm³/mol.